The Hall–Kier alpha value is -3.28. The minimum absolute atomic E-state index is 0.0520. The number of nitrogens with zero attached hydrogens (tertiary/aromatic N) is 4. The van der Waals surface area contributed by atoms with Crippen molar-refractivity contribution in [3.63, 3.8) is 0 Å². The van der Waals surface area contributed by atoms with Crippen molar-refractivity contribution < 1.29 is 17.8 Å². The molecule has 202 valence electrons. The number of benzene rings is 2. The van der Waals surface area contributed by atoms with Gasteiger partial charge in [0.1, 0.15) is 10.7 Å². The van der Waals surface area contributed by atoms with Gasteiger partial charge in [-0.25, -0.2) is 9.99 Å². The van der Waals surface area contributed by atoms with E-state index in [9.17, 15) is 17.8 Å². The van der Waals surface area contributed by atoms with Gasteiger partial charge >= 0.3 is 0 Å². The Labute approximate surface area is 236 Å². The second kappa shape index (κ2) is 11.1. The molecule has 12 heteroatoms. The van der Waals surface area contributed by atoms with E-state index in [0.29, 0.717) is 21.8 Å². The van der Waals surface area contributed by atoms with Gasteiger partial charge in [-0.15, -0.1) is 0 Å². The van der Waals surface area contributed by atoms with E-state index < -0.39 is 20.9 Å². The van der Waals surface area contributed by atoms with E-state index in [4.69, 9.17) is 23.2 Å². The van der Waals surface area contributed by atoms with Crippen molar-refractivity contribution in [2.45, 2.75) is 31.1 Å². The summed E-state index contributed by atoms with van der Waals surface area (Å²) in [5.74, 6) is -0.238. The Morgan fingerprint density at radius 1 is 1.03 bits per heavy atom. The fourth-order valence-corrected chi connectivity index (χ4v) is 6.07. The molecule has 1 amide bonds. The molecule has 4 aromatic rings. The van der Waals surface area contributed by atoms with Crippen molar-refractivity contribution in [3.8, 4) is 28.3 Å². The molecule has 0 unspecified atom stereocenters. The van der Waals surface area contributed by atoms with Crippen LogP contribution in [0.15, 0.2) is 65.7 Å². The van der Waals surface area contributed by atoms with Gasteiger partial charge in [0.05, 0.1) is 22.1 Å². The van der Waals surface area contributed by atoms with Crippen molar-refractivity contribution in [3.05, 3.63) is 82.2 Å². The lowest BCUT2D eigenvalue weighted by Gasteiger charge is -2.26. The highest BCUT2D eigenvalue weighted by molar-refractivity contribution is 7.86. The van der Waals surface area contributed by atoms with Crippen LogP contribution in [0.3, 0.4) is 0 Å². The van der Waals surface area contributed by atoms with Gasteiger partial charge in [0, 0.05) is 35.4 Å². The smallest absolute Gasteiger partial charge is 0.295 e. The van der Waals surface area contributed by atoms with Crippen LogP contribution in [0, 0.1) is 6.92 Å². The lowest BCUT2D eigenvalue weighted by atomic mass is 10.1. The van der Waals surface area contributed by atoms with Crippen molar-refractivity contribution in [1.29, 1.82) is 0 Å². The van der Waals surface area contributed by atoms with Crippen LogP contribution in [0.2, 0.25) is 10.0 Å². The number of hydrogen-bond donors (Lipinski definition) is 2. The van der Waals surface area contributed by atoms with Crippen molar-refractivity contribution in [1.82, 2.24) is 25.0 Å². The molecule has 2 aromatic heterocycles. The largest absolute Gasteiger partial charge is 0.298 e. The van der Waals surface area contributed by atoms with Crippen LogP contribution in [0.5, 0.6) is 0 Å². The number of aromatic nitrogens is 3. The van der Waals surface area contributed by atoms with Crippen molar-refractivity contribution >= 4 is 39.2 Å². The van der Waals surface area contributed by atoms with E-state index in [1.54, 1.807) is 49.4 Å². The Morgan fingerprint density at radius 2 is 1.74 bits per heavy atom. The van der Waals surface area contributed by atoms with Crippen LogP contribution in [0.1, 0.15) is 35.4 Å². The topological polar surface area (TPSA) is 117 Å². The number of carbonyl (C=O) groups excluding carboxylic acids is 1. The van der Waals surface area contributed by atoms with Gasteiger partial charge in [0.15, 0.2) is 5.69 Å². The highest BCUT2D eigenvalue weighted by atomic mass is 35.5. The molecule has 0 radical (unpaired) electrons. The third-order valence-electron chi connectivity index (χ3n) is 6.54. The van der Waals surface area contributed by atoms with Crippen LogP contribution >= 0.6 is 23.2 Å². The number of piperidine rings is 1. The van der Waals surface area contributed by atoms with E-state index in [-0.39, 0.29) is 27.9 Å². The molecule has 0 aliphatic carbocycles. The van der Waals surface area contributed by atoms with Crippen molar-refractivity contribution in [2.24, 2.45) is 0 Å². The summed E-state index contributed by atoms with van der Waals surface area (Å²) < 4.78 is 37.6. The maximum Gasteiger partial charge on any atom is 0.298 e. The molecule has 0 atom stereocenters. The number of hydrogen-bond acceptors (Lipinski definition) is 6. The monoisotopic (exact) mass is 585 g/mol. The molecule has 0 saturated carbocycles. The van der Waals surface area contributed by atoms with Gasteiger partial charge in [-0.3, -0.25) is 24.3 Å². The second-order valence-corrected chi connectivity index (χ2v) is 11.4. The summed E-state index contributed by atoms with van der Waals surface area (Å²) in [5.41, 5.74) is 4.36. The van der Waals surface area contributed by atoms with Gasteiger partial charge in [-0.1, -0.05) is 60.0 Å². The summed E-state index contributed by atoms with van der Waals surface area (Å²) in [6.07, 6.45) is 4.47. The Balaban J connectivity index is 1.76. The average molecular weight is 587 g/mol. The van der Waals surface area contributed by atoms with Gasteiger partial charge in [0.25, 0.3) is 16.0 Å². The lowest BCUT2D eigenvalue weighted by molar-refractivity contribution is 0.0744. The Morgan fingerprint density at radius 3 is 2.41 bits per heavy atom. The standard InChI is InChI=1S/C27H25Cl2N5O4S/c1-17-23(27(35)32-33-14-6-3-7-15-33)31-26(20-11-10-19(28)16-21(20)29)34(17)22-12-13-30-24(25(22)39(36,37)38)18-8-4-2-5-9-18/h2,4-5,8-13,16H,3,6-7,14-15H2,1H3,(H,32,35)(H,36,37,38). The Kier molecular flexibility index (Phi) is 7.75. The average Bonchev–Trinajstić information content (AvgIpc) is 3.25. The minimum atomic E-state index is -4.80. The first-order valence-corrected chi connectivity index (χ1v) is 14.5. The van der Waals surface area contributed by atoms with E-state index in [1.165, 1.54) is 22.9 Å². The SMILES string of the molecule is Cc1c(C(=O)NN2CCCCC2)nc(-c2ccc(Cl)cc2Cl)n1-c1ccnc(-c2ccccc2)c1S(=O)(=O)O. The number of halogens is 2. The molecule has 5 rings (SSSR count). The molecular weight excluding hydrogens is 561 g/mol. The van der Waals surface area contributed by atoms with Gasteiger partial charge < -0.3 is 0 Å². The van der Waals surface area contributed by atoms with Crippen molar-refractivity contribution in [2.75, 3.05) is 13.1 Å². The maximum atomic E-state index is 13.4. The molecule has 2 N–H and O–H groups in total. The number of hydrazine groups is 1. The fraction of sp³-hybridized carbons (Fsp3) is 0.222. The zero-order valence-electron chi connectivity index (χ0n) is 20.9. The Bertz CT molecular complexity index is 1650. The molecule has 1 fully saturated rings. The molecule has 1 saturated heterocycles. The summed E-state index contributed by atoms with van der Waals surface area (Å²) in [7, 11) is -4.80. The minimum Gasteiger partial charge on any atom is -0.295 e. The van der Waals surface area contributed by atoms with Gasteiger partial charge in [-0.05, 0) is 44.0 Å². The second-order valence-electron chi connectivity index (χ2n) is 9.17. The zero-order chi connectivity index (χ0) is 27.7. The fourth-order valence-electron chi connectivity index (χ4n) is 4.74. The van der Waals surface area contributed by atoms with Crippen LogP contribution in [0.4, 0.5) is 0 Å². The predicted octanol–water partition coefficient (Wildman–Crippen LogP) is 5.59. The first kappa shape index (κ1) is 27.3. The van der Waals surface area contributed by atoms with E-state index in [2.05, 4.69) is 15.4 Å². The molecule has 0 spiro atoms. The number of carbonyl (C=O) groups is 1. The number of nitrogens with one attached hydrogen (secondary N) is 1. The van der Waals surface area contributed by atoms with Gasteiger partial charge in [0.2, 0.25) is 0 Å². The normalized spacial score (nSPS) is 14.4. The molecule has 3 heterocycles. The number of rotatable bonds is 6. The number of amides is 1. The molecule has 39 heavy (non-hydrogen) atoms. The highest BCUT2D eigenvalue weighted by Gasteiger charge is 2.30. The van der Waals surface area contributed by atoms with E-state index in [0.717, 1.165) is 32.4 Å². The first-order valence-electron chi connectivity index (χ1n) is 12.3. The summed E-state index contributed by atoms with van der Waals surface area (Å²) >= 11 is 12.7. The highest BCUT2D eigenvalue weighted by Crippen LogP contribution is 2.37. The molecular formula is C27H25Cl2N5O4S. The van der Waals surface area contributed by atoms with Crippen LogP contribution < -0.4 is 5.43 Å². The summed E-state index contributed by atoms with van der Waals surface area (Å²) in [4.78, 5) is 21.9. The first-order chi connectivity index (χ1) is 18.6. The molecule has 0 bridgehead atoms. The third kappa shape index (κ3) is 5.57. The zero-order valence-corrected chi connectivity index (χ0v) is 23.3. The van der Waals surface area contributed by atoms with Crippen LogP contribution in [0.25, 0.3) is 28.3 Å². The molecule has 9 nitrogen and oxygen atoms in total. The molecule has 1 aliphatic rings. The van der Waals surface area contributed by atoms with Crippen LogP contribution in [-0.4, -0.2) is 51.5 Å². The summed E-state index contributed by atoms with van der Waals surface area (Å²) in [6, 6.07) is 14.9. The maximum absolute atomic E-state index is 13.4. The summed E-state index contributed by atoms with van der Waals surface area (Å²) in [6.45, 7) is 3.10. The van der Waals surface area contributed by atoms with E-state index in [1.807, 2.05) is 5.01 Å². The predicted molar refractivity (Wildman–Crippen MR) is 150 cm³/mol. The molecule has 1 aliphatic heterocycles. The number of imidazole rings is 1. The third-order valence-corrected chi connectivity index (χ3v) is 8.01. The lowest BCUT2D eigenvalue weighted by Crippen LogP contribution is -2.45. The summed E-state index contributed by atoms with van der Waals surface area (Å²) in [5, 5.41) is 2.50. The quantitative estimate of drug-likeness (QED) is 0.283. The number of pyridine rings is 1. The van der Waals surface area contributed by atoms with Crippen LogP contribution in [-0.2, 0) is 10.1 Å². The van der Waals surface area contributed by atoms with E-state index >= 15 is 0 Å². The van der Waals surface area contributed by atoms with Gasteiger partial charge in [-0.2, -0.15) is 8.42 Å². The molecule has 2 aromatic carbocycles.